The summed E-state index contributed by atoms with van der Waals surface area (Å²) in [5.74, 6) is 0.945. The molecule has 3 nitrogen and oxygen atoms in total. The Kier molecular flexibility index (Phi) is 5.37. The van der Waals surface area contributed by atoms with Gasteiger partial charge >= 0.3 is 0 Å². The molecule has 1 unspecified atom stereocenters. The number of aryl methyl sites for hydroxylation is 2. The summed E-state index contributed by atoms with van der Waals surface area (Å²) >= 11 is 0. The molecule has 2 aromatic carbocycles. The smallest absolute Gasteiger partial charge is 0.124 e. The van der Waals surface area contributed by atoms with Crippen LogP contribution in [-0.4, -0.2) is 18.8 Å². The number of hydrogen-bond acceptors (Lipinski definition) is 3. The molecule has 2 aromatic rings. The van der Waals surface area contributed by atoms with Crippen molar-refractivity contribution in [3.05, 3.63) is 64.7 Å². The van der Waals surface area contributed by atoms with E-state index in [1.165, 1.54) is 5.56 Å². The summed E-state index contributed by atoms with van der Waals surface area (Å²) in [5.41, 5.74) is 4.56. The van der Waals surface area contributed by atoms with Crippen LogP contribution in [0.1, 0.15) is 28.3 Å². The van der Waals surface area contributed by atoms with Gasteiger partial charge in [-0.05, 0) is 36.1 Å². The highest BCUT2D eigenvalue weighted by Crippen LogP contribution is 2.24. The predicted octanol–water partition coefficient (Wildman–Crippen LogP) is 3.14. The summed E-state index contributed by atoms with van der Waals surface area (Å²) in [6.45, 7) is 4.90. The van der Waals surface area contributed by atoms with Crippen LogP contribution in [-0.2, 0) is 6.54 Å². The molecule has 2 rings (SSSR count). The lowest BCUT2D eigenvalue weighted by Crippen LogP contribution is -2.24. The first-order valence-corrected chi connectivity index (χ1v) is 7.19. The molecule has 0 saturated heterocycles. The molecule has 0 amide bonds. The average molecular weight is 285 g/mol. The normalized spacial score (nSPS) is 12.2. The van der Waals surface area contributed by atoms with E-state index >= 15 is 0 Å². The maximum absolute atomic E-state index is 9.57. The lowest BCUT2D eigenvalue weighted by atomic mass is 10.0. The van der Waals surface area contributed by atoms with Crippen molar-refractivity contribution in [2.75, 3.05) is 13.7 Å². The van der Waals surface area contributed by atoms with E-state index in [-0.39, 0.29) is 12.6 Å². The maximum Gasteiger partial charge on any atom is 0.124 e. The zero-order chi connectivity index (χ0) is 15.2. The fraction of sp³-hybridized carbons (Fsp3) is 0.333. The molecule has 2 N–H and O–H groups in total. The molecule has 21 heavy (non-hydrogen) atoms. The van der Waals surface area contributed by atoms with Crippen LogP contribution < -0.4 is 10.1 Å². The second kappa shape index (κ2) is 7.25. The van der Waals surface area contributed by atoms with Gasteiger partial charge < -0.3 is 15.2 Å². The minimum absolute atomic E-state index is 0.0473. The van der Waals surface area contributed by atoms with Gasteiger partial charge in [0.1, 0.15) is 5.75 Å². The molecule has 0 fully saturated rings. The predicted molar refractivity (Wildman–Crippen MR) is 85.6 cm³/mol. The van der Waals surface area contributed by atoms with Crippen molar-refractivity contribution in [2.24, 2.45) is 0 Å². The van der Waals surface area contributed by atoms with E-state index in [2.05, 4.69) is 31.3 Å². The Morgan fingerprint density at radius 1 is 1.10 bits per heavy atom. The number of aliphatic hydroxyl groups excluding tert-OH is 1. The SMILES string of the molecule is COc1c(C)cc(CNC(CO)c2ccccc2)cc1C. The Balaban J connectivity index is 2.08. The summed E-state index contributed by atoms with van der Waals surface area (Å²) < 4.78 is 5.39. The van der Waals surface area contributed by atoms with Crippen molar-refractivity contribution in [2.45, 2.75) is 26.4 Å². The number of aliphatic hydroxyl groups is 1. The number of rotatable bonds is 6. The first-order valence-electron chi connectivity index (χ1n) is 7.19. The van der Waals surface area contributed by atoms with E-state index in [1.807, 2.05) is 30.3 Å². The van der Waals surface area contributed by atoms with Gasteiger partial charge in [-0.25, -0.2) is 0 Å². The molecule has 0 spiro atoms. The Morgan fingerprint density at radius 2 is 1.71 bits per heavy atom. The molecule has 112 valence electrons. The van der Waals surface area contributed by atoms with Gasteiger partial charge in [-0.15, -0.1) is 0 Å². The molecule has 0 aliphatic carbocycles. The molecule has 0 bridgehead atoms. The van der Waals surface area contributed by atoms with E-state index in [1.54, 1.807) is 7.11 Å². The minimum Gasteiger partial charge on any atom is -0.496 e. The van der Waals surface area contributed by atoms with Crippen molar-refractivity contribution in [1.82, 2.24) is 5.32 Å². The molecule has 3 heteroatoms. The Labute approximate surface area is 126 Å². The molecule has 1 atom stereocenters. The minimum atomic E-state index is -0.0473. The molecule has 0 aromatic heterocycles. The monoisotopic (exact) mass is 285 g/mol. The standard InChI is InChI=1S/C18H23NO2/c1-13-9-15(10-14(2)18(13)21-3)11-19-17(12-20)16-7-5-4-6-8-16/h4-10,17,19-20H,11-12H2,1-3H3. The number of benzene rings is 2. The van der Waals surface area contributed by atoms with Crippen molar-refractivity contribution in [3.8, 4) is 5.75 Å². The van der Waals surface area contributed by atoms with Gasteiger partial charge in [-0.2, -0.15) is 0 Å². The Hall–Kier alpha value is -1.84. The van der Waals surface area contributed by atoms with Crippen LogP contribution in [0, 0.1) is 13.8 Å². The van der Waals surface area contributed by atoms with Gasteiger partial charge in [0.2, 0.25) is 0 Å². The lowest BCUT2D eigenvalue weighted by Gasteiger charge is -2.18. The molecule has 0 heterocycles. The summed E-state index contributed by atoms with van der Waals surface area (Å²) in [7, 11) is 1.70. The van der Waals surface area contributed by atoms with Gasteiger partial charge in [-0.1, -0.05) is 42.5 Å². The highest BCUT2D eigenvalue weighted by molar-refractivity contribution is 5.43. The first-order chi connectivity index (χ1) is 10.2. The lowest BCUT2D eigenvalue weighted by molar-refractivity contribution is 0.243. The Bertz CT molecular complexity index is 558. The Morgan fingerprint density at radius 3 is 2.24 bits per heavy atom. The van der Waals surface area contributed by atoms with Crippen LogP contribution in [0.15, 0.2) is 42.5 Å². The van der Waals surface area contributed by atoms with Crippen molar-refractivity contribution < 1.29 is 9.84 Å². The molecule has 0 radical (unpaired) electrons. The van der Waals surface area contributed by atoms with Crippen molar-refractivity contribution in [3.63, 3.8) is 0 Å². The van der Waals surface area contributed by atoms with Gasteiger partial charge in [-0.3, -0.25) is 0 Å². The third kappa shape index (κ3) is 3.84. The van der Waals surface area contributed by atoms with E-state index in [0.29, 0.717) is 6.54 Å². The first kappa shape index (κ1) is 15.5. The molecular weight excluding hydrogens is 262 g/mol. The van der Waals surface area contributed by atoms with Gasteiger partial charge in [0.05, 0.1) is 19.8 Å². The summed E-state index contributed by atoms with van der Waals surface area (Å²) in [6, 6.07) is 14.2. The maximum atomic E-state index is 9.57. The molecule has 0 saturated carbocycles. The molecule has 0 aliphatic heterocycles. The summed E-state index contributed by atoms with van der Waals surface area (Å²) in [4.78, 5) is 0. The third-order valence-corrected chi connectivity index (χ3v) is 3.66. The second-order valence-electron chi connectivity index (χ2n) is 5.29. The number of nitrogens with one attached hydrogen (secondary N) is 1. The van der Waals surface area contributed by atoms with Gasteiger partial charge in [0, 0.05) is 6.54 Å². The number of hydrogen-bond donors (Lipinski definition) is 2. The van der Waals surface area contributed by atoms with Crippen LogP contribution in [0.5, 0.6) is 5.75 Å². The second-order valence-corrected chi connectivity index (χ2v) is 5.29. The summed E-state index contributed by atoms with van der Waals surface area (Å²) in [6.07, 6.45) is 0. The number of methoxy groups -OCH3 is 1. The van der Waals surface area contributed by atoms with Crippen molar-refractivity contribution >= 4 is 0 Å². The highest BCUT2D eigenvalue weighted by atomic mass is 16.5. The van der Waals surface area contributed by atoms with Crippen LogP contribution in [0.25, 0.3) is 0 Å². The van der Waals surface area contributed by atoms with Crippen LogP contribution in [0.4, 0.5) is 0 Å². The fourth-order valence-electron chi connectivity index (χ4n) is 2.68. The largest absolute Gasteiger partial charge is 0.496 e. The quantitative estimate of drug-likeness (QED) is 0.857. The zero-order valence-electron chi connectivity index (χ0n) is 12.9. The van der Waals surface area contributed by atoms with Gasteiger partial charge in [0.15, 0.2) is 0 Å². The van der Waals surface area contributed by atoms with E-state index in [9.17, 15) is 5.11 Å². The van der Waals surface area contributed by atoms with E-state index in [4.69, 9.17) is 4.74 Å². The molecule has 0 aliphatic rings. The van der Waals surface area contributed by atoms with E-state index in [0.717, 1.165) is 22.4 Å². The molecular formula is C18H23NO2. The highest BCUT2D eigenvalue weighted by Gasteiger charge is 2.10. The fourth-order valence-corrected chi connectivity index (χ4v) is 2.68. The topological polar surface area (TPSA) is 41.5 Å². The zero-order valence-corrected chi connectivity index (χ0v) is 12.9. The van der Waals surface area contributed by atoms with Crippen LogP contribution in [0.2, 0.25) is 0 Å². The van der Waals surface area contributed by atoms with Crippen LogP contribution >= 0.6 is 0 Å². The summed E-state index contributed by atoms with van der Waals surface area (Å²) in [5, 5.41) is 13.0. The third-order valence-electron chi connectivity index (χ3n) is 3.66. The van der Waals surface area contributed by atoms with Crippen molar-refractivity contribution in [1.29, 1.82) is 0 Å². The average Bonchev–Trinajstić information content (AvgIpc) is 2.49. The van der Waals surface area contributed by atoms with Crippen LogP contribution in [0.3, 0.4) is 0 Å². The van der Waals surface area contributed by atoms with Gasteiger partial charge in [0.25, 0.3) is 0 Å². The number of ether oxygens (including phenoxy) is 1. The van der Waals surface area contributed by atoms with E-state index < -0.39 is 0 Å².